The van der Waals surface area contributed by atoms with Crippen LogP contribution in [0.3, 0.4) is 0 Å². The summed E-state index contributed by atoms with van der Waals surface area (Å²) in [7, 11) is 0. The molecule has 8 heteroatoms. The Bertz CT molecular complexity index is 925. The van der Waals surface area contributed by atoms with Crippen LogP contribution in [0.15, 0.2) is 42.5 Å². The summed E-state index contributed by atoms with van der Waals surface area (Å²) >= 11 is 6.02. The number of rotatable bonds is 6. The van der Waals surface area contributed by atoms with E-state index in [2.05, 4.69) is 5.32 Å². The number of nitrogens with one attached hydrogen (secondary N) is 1. The van der Waals surface area contributed by atoms with Crippen molar-refractivity contribution in [3.8, 4) is 0 Å². The van der Waals surface area contributed by atoms with Crippen LogP contribution in [0.4, 0.5) is 11.4 Å². The van der Waals surface area contributed by atoms with Gasteiger partial charge in [0.1, 0.15) is 0 Å². The first kappa shape index (κ1) is 20.8. The summed E-state index contributed by atoms with van der Waals surface area (Å²) in [5.41, 5.74) is 0.399. The van der Waals surface area contributed by atoms with Crippen molar-refractivity contribution in [3.63, 3.8) is 0 Å². The molecule has 0 bridgehead atoms. The molecule has 2 aromatic rings. The van der Waals surface area contributed by atoms with Gasteiger partial charge in [-0.3, -0.25) is 14.9 Å². The van der Waals surface area contributed by atoms with E-state index in [1.807, 2.05) is 0 Å². The van der Waals surface area contributed by atoms with Crippen LogP contribution in [0.25, 0.3) is 0 Å². The minimum atomic E-state index is -0.592. The van der Waals surface area contributed by atoms with Crippen molar-refractivity contribution in [3.05, 3.63) is 68.7 Å². The lowest BCUT2D eigenvalue weighted by Gasteiger charge is -2.21. The number of anilines is 1. The van der Waals surface area contributed by atoms with E-state index in [9.17, 15) is 19.7 Å². The number of para-hydroxylation sites is 1. The lowest BCUT2D eigenvalue weighted by Crippen LogP contribution is -2.19. The molecule has 2 aromatic carbocycles. The minimum absolute atomic E-state index is 0.0472. The van der Waals surface area contributed by atoms with E-state index in [0.717, 1.165) is 31.7 Å². The molecule has 0 aromatic heterocycles. The Hall–Kier alpha value is -2.93. The molecule has 0 heterocycles. The number of hydrogen-bond donors (Lipinski definition) is 1. The van der Waals surface area contributed by atoms with Crippen LogP contribution in [0.1, 0.15) is 52.8 Å². The number of non-ortho nitro benzene ring substituents is 1. The molecule has 1 saturated carbocycles. The van der Waals surface area contributed by atoms with Gasteiger partial charge in [0.05, 0.1) is 33.4 Å². The molecule has 1 fully saturated rings. The van der Waals surface area contributed by atoms with Crippen molar-refractivity contribution < 1.29 is 19.2 Å². The number of esters is 1. The molecular weight excluding hydrogens is 396 g/mol. The third kappa shape index (κ3) is 5.32. The molecule has 29 heavy (non-hydrogen) atoms. The summed E-state index contributed by atoms with van der Waals surface area (Å²) in [6, 6.07) is 10.1. The highest BCUT2D eigenvalue weighted by atomic mass is 35.5. The van der Waals surface area contributed by atoms with Crippen LogP contribution in [0, 0.1) is 16.0 Å². The smallest absolute Gasteiger partial charge is 0.340 e. The monoisotopic (exact) mass is 416 g/mol. The third-order valence-electron chi connectivity index (χ3n) is 4.98. The second-order valence-corrected chi connectivity index (χ2v) is 7.43. The standard InChI is InChI=1S/C21H21ClN2O5/c22-18-12-15(24(27)28)10-11-16(18)20(25)23-19-9-5-4-8-17(19)21(26)29-13-14-6-2-1-3-7-14/h4-5,8-12,14H,1-3,6-7,13H2,(H,23,25). The molecule has 3 rings (SSSR count). The Morgan fingerprint density at radius 1 is 1.10 bits per heavy atom. The molecule has 152 valence electrons. The quantitative estimate of drug-likeness (QED) is 0.394. The van der Waals surface area contributed by atoms with E-state index in [1.165, 1.54) is 18.6 Å². The average Bonchev–Trinajstić information content (AvgIpc) is 2.73. The number of nitro benzene ring substituents is 1. The van der Waals surface area contributed by atoms with Gasteiger partial charge in [-0.15, -0.1) is 0 Å². The molecule has 0 saturated heterocycles. The molecule has 0 aliphatic heterocycles. The predicted octanol–water partition coefficient (Wildman–Crippen LogP) is 5.24. The Balaban J connectivity index is 1.70. The maximum absolute atomic E-state index is 12.6. The van der Waals surface area contributed by atoms with E-state index in [-0.39, 0.29) is 21.8 Å². The predicted molar refractivity (Wildman–Crippen MR) is 109 cm³/mol. The molecule has 1 aliphatic carbocycles. The number of benzene rings is 2. The second-order valence-electron chi connectivity index (χ2n) is 7.02. The summed E-state index contributed by atoms with van der Waals surface area (Å²) in [5, 5.41) is 13.4. The van der Waals surface area contributed by atoms with Crippen LogP contribution in [-0.4, -0.2) is 23.4 Å². The van der Waals surface area contributed by atoms with Gasteiger partial charge < -0.3 is 10.1 Å². The lowest BCUT2D eigenvalue weighted by atomic mass is 9.90. The van der Waals surface area contributed by atoms with Gasteiger partial charge in [-0.25, -0.2) is 4.79 Å². The van der Waals surface area contributed by atoms with Gasteiger partial charge >= 0.3 is 5.97 Å². The summed E-state index contributed by atoms with van der Waals surface area (Å²) in [5.74, 6) is -0.688. The molecule has 0 atom stereocenters. The number of ether oxygens (including phenoxy) is 1. The Morgan fingerprint density at radius 2 is 1.83 bits per heavy atom. The van der Waals surface area contributed by atoms with Crippen molar-refractivity contribution in [1.29, 1.82) is 0 Å². The number of nitro groups is 1. The van der Waals surface area contributed by atoms with E-state index in [1.54, 1.807) is 24.3 Å². The maximum Gasteiger partial charge on any atom is 0.340 e. The van der Waals surface area contributed by atoms with Gasteiger partial charge in [0.2, 0.25) is 0 Å². The number of nitrogens with zero attached hydrogens (tertiary/aromatic N) is 1. The van der Waals surface area contributed by atoms with Crippen molar-refractivity contribution in [2.75, 3.05) is 11.9 Å². The first-order chi connectivity index (χ1) is 14.0. The SMILES string of the molecule is O=C(Nc1ccccc1C(=O)OCC1CCCCC1)c1ccc([N+](=O)[O-])cc1Cl. The van der Waals surface area contributed by atoms with E-state index < -0.39 is 16.8 Å². The van der Waals surface area contributed by atoms with Crippen LogP contribution < -0.4 is 5.32 Å². The Kier molecular flexibility index (Phi) is 6.82. The number of carbonyl (C=O) groups is 2. The Morgan fingerprint density at radius 3 is 2.52 bits per heavy atom. The highest BCUT2D eigenvalue weighted by Crippen LogP contribution is 2.26. The molecule has 1 N–H and O–H groups in total. The molecule has 0 unspecified atom stereocenters. The molecule has 7 nitrogen and oxygen atoms in total. The van der Waals surface area contributed by atoms with Crippen molar-refractivity contribution in [1.82, 2.24) is 0 Å². The third-order valence-corrected chi connectivity index (χ3v) is 5.29. The van der Waals surface area contributed by atoms with Crippen LogP contribution in [0.5, 0.6) is 0 Å². The van der Waals surface area contributed by atoms with Crippen molar-refractivity contribution >= 4 is 34.9 Å². The van der Waals surface area contributed by atoms with Crippen molar-refractivity contribution in [2.24, 2.45) is 5.92 Å². The fourth-order valence-corrected chi connectivity index (χ4v) is 3.65. The first-order valence-corrected chi connectivity index (χ1v) is 9.85. The Labute approximate surface area is 173 Å². The van der Waals surface area contributed by atoms with Gasteiger partial charge in [-0.05, 0) is 37.0 Å². The fraction of sp³-hybridized carbons (Fsp3) is 0.333. The van der Waals surface area contributed by atoms with E-state index in [4.69, 9.17) is 16.3 Å². The molecule has 1 aliphatic rings. The topological polar surface area (TPSA) is 98.5 Å². The van der Waals surface area contributed by atoms with E-state index >= 15 is 0 Å². The zero-order valence-electron chi connectivity index (χ0n) is 15.7. The molecular formula is C21H21ClN2O5. The van der Waals surface area contributed by atoms with Crippen LogP contribution >= 0.6 is 11.6 Å². The average molecular weight is 417 g/mol. The van der Waals surface area contributed by atoms with Gasteiger partial charge in [0.15, 0.2) is 0 Å². The number of hydrogen-bond acceptors (Lipinski definition) is 5. The molecule has 1 amide bonds. The zero-order valence-corrected chi connectivity index (χ0v) is 16.5. The highest BCUT2D eigenvalue weighted by molar-refractivity contribution is 6.34. The fourth-order valence-electron chi connectivity index (χ4n) is 3.39. The second kappa shape index (κ2) is 9.52. The number of carbonyl (C=O) groups excluding carboxylic acids is 2. The van der Waals surface area contributed by atoms with Crippen LogP contribution in [0.2, 0.25) is 5.02 Å². The number of halogens is 1. The largest absolute Gasteiger partial charge is 0.462 e. The van der Waals surface area contributed by atoms with Gasteiger partial charge in [0.25, 0.3) is 11.6 Å². The summed E-state index contributed by atoms with van der Waals surface area (Å²) < 4.78 is 5.47. The number of amides is 1. The van der Waals surface area contributed by atoms with Crippen LogP contribution in [-0.2, 0) is 4.74 Å². The normalized spacial score (nSPS) is 14.2. The minimum Gasteiger partial charge on any atom is -0.462 e. The molecule has 0 radical (unpaired) electrons. The summed E-state index contributed by atoms with van der Waals surface area (Å²) in [6.45, 7) is 0.370. The first-order valence-electron chi connectivity index (χ1n) is 9.47. The highest BCUT2D eigenvalue weighted by Gasteiger charge is 2.20. The van der Waals surface area contributed by atoms with Crippen molar-refractivity contribution in [2.45, 2.75) is 32.1 Å². The van der Waals surface area contributed by atoms with Gasteiger partial charge in [-0.1, -0.05) is 43.0 Å². The van der Waals surface area contributed by atoms with Gasteiger partial charge in [0, 0.05) is 12.1 Å². The maximum atomic E-state index is 12.6. The lowest BCUT2D eigenvalue weighted by molar-refractivity contribution is -0.384. The summed E-state index contributed by atoms with van der Waals surface area (Å²) in [4.78, 5) is 35.3. The van der Waals surface area contributed by atoms with Gasteiger partial charge in [-0.2, -0.15) is 0 Å². The molecule has 0 spiro atoms. The summed E-state index contributed by atoms with van der Waals surface area (Å²) in [6.07, 6.45) is 5.66. The zero-order chi connectivity index (χ0) is 20.8. The van der Waals surface area contributed by atoms with E-state index in [0.29, 0.717) is 18.2 Å².